The van der Waals surface area contributed by atoms with Gasteiger partial charge < -0.3 is 15.0 Å². The second kappa shape index (κ2) is 8.00. The van der Waals surface area contributed by atoms with Gasteiger partial charge in [0.25, 0.3) is 5.91 Å². The lowest BCUT2D eigenvalue weighted by Crippen LogP contribution is -2.66. The second-order valence-corrected chi connectivity index (χ2v) is 6.97. The summed E-state index contributed by atoms with van der Waals surface area (Å²) >= 11 is 0. The number of alkyl halides is 3. The first-order valence-corrected chi connectivity index (χ1v) is 9.09. The van der Waals surface area contributed by atoms with Crippen molar-refractivity contribution in [3.8, 4) is 0 Å². The SMILES string of the molecule is CCCCC(=O)N[C@]1(C(F)(F)F)C(=O)N(C[C@H]2CCCO2)C(C)=C1C(C)=O. The quantitative estimate of drug-likeness (QED) is 0.725. The van der Waals surface area contributed by atoms with Gasteiger partial charge in [-0.3, -0.25) is 14.4 Å². The molecule has 0 aliphatic carbocycles. The summed E-state index contributed by atoms with van der Waals surface area (Å²) in [7, 11) is 0. The number of amides is 2. The van der Waals surface area contributed by atoms with E-state index in [2.05, 4.69) is 0 Å². The van der Waals surface area contributed by atoms with E-state index in [1.165, 1.54) is 6.92 Å². The molecule has 0 unspecified atom stereocenters. The highest BCUT2D eigenvalue weighted by Crippen LogP contribution is 2.45. The van der Waals surface area contributed by atoms with Crippen LogP contribution in [0.25, 0.3) is 0 Å². The first kappa shape index (κ1) is 21.4. The van der Waals surface area contributed by atoms with E-state index in [0.29, 0.717) is 25.9 Å². The molecule has 2 rings (SSSR count). The average molecular weight is 390 g/mol. The minimum Gasteiger partial charge on any atom is -0.376 e. The van der Waals surface area contributed by atoms with E-state index in [0.717, 1.165) is 18.2 Å². The van der Waals surface area contributed by atoms with E-state index in [9.17, 15) is 27.6 Å². The molecule has 0 saturated carbocycles. The van der Waals surface area contributed by atoms with Crippen LogP contribution in [0.2, 0.25) is 0 Å². The number of allylic oxidation sites excluding steroid dienone is 1. The molecule has 9 heteroatoms. The predicted octanol–water partition coefficient (Wildman–Crippen LogP) is 2.48. The van der Waals surface area contributed by atoms with Gasteiger partial charge in [0.1, 0.15) is 0 Å². The number of unbranched alkanes of at least 4 members (excludes halogenated alkanes) is 1. The van der Waals surface area contributed by atoms with Crippen LogP contribution in [0.15, 0.2) is 11.3 Å². The minimum atomic E-state index is -5.15. The molecule has 27 heavy (non-hydrogen) atoms. The van der Waals surface area contributed by atoms with E-state index in [4.69, 9.17) is 4.74 Å². The van der Waals surface area contributed by atoms with Gasteiger partial charge in [-0.15, -0.1) is 0 Å². The number of ether oxygens (including phenoxy) is 1. The summed E-state index contributed by atoms with van der Waals surface area (Å²) in [5.74, 6) is -3.16. The standard InChI is InChI=1S/C18H25F3N2O4/c1-4-5-8-14(25)22-17(18(19,20)21)15(12(3)24)11(2)23(16(17)26)10-13-7-6-9-27-13/h13H,4-10H2,1-3H3,(H,22,25)/t13-,17+/m1/s1. The van der Waals surface area contributed by atoms with E-state index in [1.807, 2.05) is 5.32 Å². The molecule has 1 N–H and O–H groups in total. The van der Waals surface area contributed by atoms with Crippen molar-refractivity contribution >= 4 is 17.6 Å². The van der Waals surface area contributed by atoms with Gasteiger partial charge in [0, 0.05) is 18.7 Å². The lowest BCUT2D eigenvalue weighted by molar-refractivity contribution is -0.194. The summed E-state index contributed by atoms with van der Waals surface area (Å²) in [6.07, 6.45) is -3.33. The van der Waals surface area contributed by atoms with Crippen LogP contribution in [-0.2, 0) is 19.1 Å². The van der Waals surface area contributed by atoms with Gasteiger partial charge in [-0.05, 0) is 33.1 Å². The summed E-state index contributed by atoms with van der Waals surface area (Å²) < 4.78 is 47.8. The molecule has 0 bridgehead atoms. The molecule has 0 aromatic carbocycles. The van der Waals surface area contributed by atoms with Crippen LogP contribution in [-0.4, -0.2) is 53.5 Å². The van der Waals surface area contributed by atoms with Crippen molar-refractivity contribution < 1.29 is 32.3 Å². The molecule has 0 radical (unpaired) electrons. The number of halogens is 3. The molecule has 1 saturated heterocycles. The Bertz CT molecular complexity index is 653. The molecule has 0 aromatic heterocycles. The summed E-state index contributed by atoms with van der Waals surface area (Å²) in [5.41, 5.74) is -4.15. The van der Waals surface area contributed by atoms with Crippen molar-refractivity contribution in [3.63, 3.8) is 0 Å². The number of carbonyl (C=O) groups is 3. The Morgan fingerprint density at radius 3 is 2.52 bits per heavy atom. The Hall–Kier alpha value is -1.90. The van der Waals surface area contributed by atoms with E-state index in [1.54, 1.807) is 6.92 Å². The Balaban J connectivity index is 2.47. The third kappa shape index (κ3) is 3.88. The monoisotopic (exact) mass is 390 g/mol. The van der Waals surface area contributed by atoms with Crippen molar-refractivity contribution in [2.24, 2.45) is 0 Å². The molecule has 1 fully saturated rings. The maximum atomic E-state index is 14.1. The molecule has 152 valence electrons. The zero-order chi connectivity index (χ0) is 20.4. The molecular weight excluding hydrogens is 365 g/mol. The number of carbonyl (C=O) groups excluding carboxylic acids is 3. The maximum Gasteiger partial charge on any atom is 0.425 e. The average Bonchev–Trinajstić information content (AvgIpc) is 3.14. The lowest BCUT2D eigenvalue weighted by atomic mass is 9.86. The second-order valence-electron chi connectivity index (χ2n) is 6.97. The van der Waals surface area contributed by atoms with Crippen LogP contribution >= 0.6 is 0 Å². The lowest BCUT2D eigenvalue weighted by Gasteiger charge is -2.33. The largest absolute Gasteiger partial charge is 0.425 e. The number of hydrogen-bond donors (Lipinski definition) is 1. The van der Waals surface area contributed by atoms with E-state index < -0.39 is 41.0 Å². The topological polar surface area (TPSA) is 75.7 Å². The van der Waals surface area contributed by atoms with E-state index in [-0.39, 0.29) is 18.7 Å². The normalized spacial score (nSPS) is 26.1. The van der Waals surface area contributed by atoms with Gasteiger partial charge in [0.15, 0.2) is 5.78 Å². The number of nitrogens with zero attached hydrogens (tertiary/aromatic N) is 1. The Morgan fingerprint density at radius 2 is 2.04 bits per heavy atom. The van der Waals surface area contributed by atoms with Crippen LogP contribution in [0, 0.1) is 0 Å². The van der Waals surface area contributed by atoms with Gasteiger partial charge in [-0.1, -0.05) is 13.3 Å². The molecule has 0 spiro atoms. The highest BCUT2D eigenvalue weighted by Gasteiger charge is 2.69. The van der Waals surface area contributed by atoms with Crippen LogP contribution in [0.5, 0.6) is 0 Å². The van der Waals surface area contributed by atoms with Crippen molar-refractivity contribution in [3.05, 3.63) is 11.3 Å². The minimum absolute atomic E-state index is 0.0793. The fraction of sp³-hybridized carbons (Fsp3) is 0.722. The number of nitrogens with one attached hydrogen (secondary N) is 1. The zero-order valence-electron chi connectivity index (χ0n) is 15.7. The van der Waals surface area contributed by atoms with Gasteiger partial charge in [-0.25, -0.2) is 0 Å². The van der Waals surface area contributed by atoms with Gasteiger partial charge in [0.05, 0.1) is 18.2 Å². The third-order valence-corrected chi connectivity index (χ3v) is 4.98. The Labute approximate surface area is 156 Å². The van der Waals surface area contributed by atoms with Crippen molar-refractivity contribution in [2.45, 2.75) is 70.7 Å². The highest BCUT2D eigenvalue weighted by atomic mass is 19.4. The molecule has 6 nitrogen and oxygen atoms in total. The summed E-state index contributed by atoms with van der Waals surface area (Å²) in [6.45, 7) is 4.47. The smallest absolute Gasteiger partial charge is 0.376 e. The van der Waals surface area contributed by atoms with Crippen molar-refractivity contribution in [1.29, 1.82) is 0 Å². The first-order chi connectivity index (χ1) is 12.6. The van der Waals surface area contributed by atoms with E-state index >= 15 is 0 Å². The number of hydrogen-bond acceptors (Lipinski definition) is 4. The molecule has 2 atom stereocenters. The van der Waals surface area contributed by atoms with Gasteiger partial charge in [-0.2, -0.15) is 13.2 Å². The molecular formula is C18H25F3N2O4. The van der Waals surface area contributed by atoms with Crippen LogP contribution in [0.3, 0.4) is 0 Å². The Kier molecular flexibility index (Phi) is 6.34. The number of ketones is 1. The van der Waals surface area contributed by atoms with Crippen molar-refractivity contribution in [1.82, 2.24) is 10.2 Å². The molecule has 0 aromatic rings. The molecule has 2 aliphatic heterocycles. The predicted molar refractivity (Wildman–Crippen MR) is 90.5 cm³/mol. The summed E-state index contributed by atoms with van der Waals surface area (Å²) in [5, 5.41) is 1.86. The van der Waals surface area contributed by atoms with Gasteiger partial charge in [0.2, 0.25) is 11.4 Å². The van der Waals surface area contributed by atoms with Gasteiger partial charge >= 0.3 is 6.18 Å². The summed E-state index contributed by atoms with van der Waals surface area (Å²) in [4.78, 5) is 38.1. The van der Waals surface area contributed by atoms with Crippen LogP contribution < -0.4 is 5.32 Å². The van der Waals surface area contributed by atoms with Crippen molar-refractivity contribution in [2.75, 3.05) is 13.2 Å². The zero-order valence-corrected chi connectivity index (χ0v) is 15.7. The number of Topliss-reactive ketones (excluding diaryl/α,β-unsaturated/α-hetero) is 1. The fourth-order valence-corrected chi connectivity index (χ4v) is 3.66. The number of rotatable bonds is 7. The molecule has 2 amide bonds. The fourth-order valence-electron chi connectivity index (χ4n) is 3.66. The molecule has 2 heterocycles. The molecule has 2 aliphatic rings. The maximum absolute atomic E-state index is 14.1. The summed E-state index contributed by atoms with van der Waals surface area (Å²) in [6, 6.07) is 0. The van der Waals surface area contributed by atoms with Crippen LogP contribution in [0.4, 0.5) is 13.2 Å². The Morgan fingerprint density at radius 1 is 1.37 bits per heavy atom. The third-order valence-electron chi connectivity index (χ3n) is 4.98. The first-order valence-electron chi connectivity index (χ1n) is 9.09. The van der Waals surface area contributed by atoms with Crippen LogP contribution in [0.1, 0.15) is 52.9 Å². The highest BCUT2D eigenvalue weighted by molar-refractivity contribution is 6.12.